The number of thiazole rings is 1. The fraction of sp³-hybridized carbons (Fsp3) is 0.294. The van der Waals surface area contributed by atoms with Crippen LogP contribution in [0.15, 0.2) is 18.2 Å². The van der Waals surface area contributed by atoms with E-state index in [4.69, 9.17) is 5.73 Å². The number of hydrogen-bond acceptors (Lipinski definition) is 5. The number of hydrogen-bond donors (Lipinski definition) is 2. The summed E-state index contributed by atoms with van der Waals surface area (Å²) in [6.45, 7) is 3.79. The van der Waals surface area contributed by atoms with Crippen LogP contribution in [-0.2, 0) is 6.42 Å². The second-order valence-corrected chi connectivity index (χ2v) is 8.35. The van der Waals surface area contributed by atoms with Gasteiger partial charge in [-0.25, -0.2) is 14.2 Å². The van der Waals surface area contributed by atoms with Crippen molar-refractivity contribution in [1.29, 1.82) is 0 Å². The lowest BCUT2D eigenvalue weighted by atomic mass is 9.94. The van der Waals surface area contributed by atoms with Gasteiger partial charge in [0, 0.05) is 22.5 Å². The quantitative estimate of drug-likeness (QED) is 0.642. The summed E-state index contributed by atoms with van der Waals surface area (Å²) in [4.78, 5) is 18.6. The maximum atomic E-state index is 13.4. The Bertz CT molecular complexity index is 997. The van der Waals surface area contributed by atoms with Gasteiger partial charge in [-0.05, 0) is 38.0 Å². The summed E-state index contributed by atoms with van der Waals surface area (Å²) in [5, 5.41) is 10.9. The molecule has 1 amide bonds. The van der Waals surface area contributed by atoms with Gasteiger partial charge in [-0.1, -0.05) is 0 Å². The summed E-state index contributed by atoms with van der Waals surface area (Å²) in [6.07, 6.45) is -0.325. The molecule has 0 fully saturated rings. The van der Waals surface area contributed by atoms with Gasteiger partial charge in [-0.15, -0.1) is 22.7 Å². The monoisotopic (exact) mass is 377 g/mol. The van der Waals surface area contributed by atoms with E-state index in [0.29, 0.717) is 16.9 Å². The molecule has 2 unspecified atom stereocenters. The molecule has 8 heteroatoms. The van der Waals surface area contributed by atoms with Crippen molar-refractivity contribution in [2.24, 2.45) is 0 Å². The normalized spacial score (nSPS) is 20.0. The molecule has 3 N–H and O–H groups in total. The molecular weight excluding hydrogens is 361 g/mol. The van der Waals surface area contributed by atoms with Crippen LogP contribution in [0.25, 0.3) is 20.8 Å². The van der Waals surface area contributed by atoms with Crippen molar-refractivity contribution >= 4 is 44.0 Å². The fourth-order valence-corrected chi connectivity index (χ4v) is 5.79. The smallest absolute Gasteiger partial charge is 0.408 e. The molecule has 1 aromatic carbocycles. The number of anilines is 1. The Morgan fingerprint density at radius 3 is 2.88 bits per heavy atom. The van der Waals surface area contributed by atoms with E-state index < -0.39 is 6.09 Å². The first kappa shape index (κ1) is 16.3. The van der Waals surface area contributed by atoms with E-state index in [9.17, 15) is 14.3 Å². The number of nitrogens with zero attached hydrogens (tertiary/aromatic N) is 2. The third-order valence-electron chi connectivity index (χ3n) is 4.62. The second kappa shape index (κ2) is 5.67. The molecule has 0 radical (unpaired) electrons. The van der Waals surface area contributed by atoms with Crippen molar-refractivity contribution in [3.8, 4) is 10.6 Å². The Kier molecular flexibility index (Phi) is 3.69. The Morgan fingerprint density at radius 1 is 1.40 bits per heavy atom. The number of aromatic nitrogens is 1. The van der Waals surface area contributed by atoms with E-state index in [2.05, 4.69) is 4.98 Å². The molecule has 4 rings (SSSR count). The van der Waals surface area contributed by atoms with Crippen molar-refractivity contribution in [2.45, 2.75) is 32.4 Å². The summed E-state index contributed by atoms with van der Waals surface area (Å²) < 4.78 is 14.3. The highest BCUT2D eigenvalue weighted by molar-refractivity contribution is 7.22. The molecule has 3 heterocycles. The van der Waals surface area contributed by atoms with Crippen LogP contribution in [0.2, 0.25) is 0 Å². The van der Waals surface area contributed by atoms with E-state index >= 15 is 0 Å². The SMILES string of the molecule is CC1Cc2c(sc(N)c2-c2nc3cc(F)ccc3s2)C(C)N1C(=O)O. The second-order valence-electron chi connectivity index (χ2n) is 6.23. The minimum absolute atomic E-state index is 0.139. The van der Waals surface area contributed by atoms with Crippen molar-refractivity contribution in [3.05, 3.63) is 34.5 Å². The number of carboxylic acid groups (broad SMARTS) is 1. The first-order valence-electron chi connectivity index (χ1n) is 7.85. The molecule has 5 nitrogen and oxygen atoms in total. The number of nitrogen functional groups attached to an aromatic ring is 1. The number of nitrogens with two attached hydrogens (primary N) is 1. The lowest BCUT2D eigenvalue weighted by Gasteiger charge is -2.36. The van der Waals surface area contributed by atoms with Gasteiger partial charge in [-0.3, -0.25) is 4.90 Å². The van der Waals surface area contributed by atoms with Crippen LogP contribution in [0.3, 0.4) is 0 Å². The van der Waals surface area contributed by atoms with Gasteiger partial charge in [0.15, 0.2) is 0 Å². The van der Waals surface area contributed by atoms with Crippen molar-refractivity contribution in [2.75, 3.05) is 5.73 Å². The molecule has 0 saturated heterocycles. The number of rotatable bonds is 1. The van der Waals surface area contributed by atoms with Crippen molar-refractivity contribution in [1.82, 2.24) is 9.88 Å². The lowest BCUT2D eigenvalue weighted by Crippen LogP contribution is -2.43. The molecule has 2 atom stereocenters. The molecule has 0 spiro atoms. The maximum absolute atomic E-state index is 13.4. The van der Waals surface area contributed by atoms with Crippen LogP contribution < -0.4 is 5.73 Å². The number of benzene rings is 1. The molecule has 0 bridgehead atoms. The van der Waals surface area contributed by atoms with Gasteiger partial charge < -0.3 is 10.8 Å². The largest absolute Gasteiger partial charge is 0.465 e. The van der Waals surface area contributed by atoms with Gasteiger partial charge >= 0.3 is 6.09 Å². The van der Waals surface area contributed by atoms with Gasteiger partial charge in [0.1, 0.15) is 10.8 Å². The van der Waals surface area contributed by atoms with Gasteiger partial charge in [0.05, 0.1) is 21.3 Å². The summed E-state index contributed by atoms with van der Waals surface area (Å²) in [6, 6.07) is 4.18. The molecule has 0 aliphatic carbocycles. The standard InChI is InChI=1S/C17H16FN3O2S2/c1-7-5-10-13(15(19)25-14(10)8(2)21(7)17(22)23)16-20-11-6-9(18)3-4-12(11)24-16/h3-4,6-8H,5,19H2,1-2H3,(H,22,23). The van der Waals surface area contributed by atoms with Gasteiger partial charge in [0.2, 0.25) is 0 Å². The number of amides is 1. The van der Waals surface area contributed by atoms with E-state index in [0.717, 1.165) is 25.7 Å². The first-order valence-corrected chi connectivity index (χ1v) is 9.49. The average molecular weight is 377 g/mol. The molecular formula is C17H16FN3O2S2. The number of fused-ring (bicyclic) bond motifs is 2. The minimum Gasteiger partial charge on any atom is -0.465 e. The van der Waals surface area contributed by atoms with E-state index in [1.165, 1.54) is 39.7 Å². The molecule has 0 saturated carbocycles. The van der Waals surface area contributed by atoms with Crippen LogP contribution in [-0.4, -0.2) is 27.1 Å². The van der Waals surface area contributed by atoms with Gasteiger partial charge in [-0.2, -0.15) is 0 Å². The van der Waals surface area contributed by atoms with Crippen LogP contribution in [0.5, 0.6) is 0 Å². The summed E-state index contributed by atoms with van der Waals surface area (Å²) in [5.41, 5.74) is 8.84. The maximum Gasteiger partial charge on any atom is 0.408 e. The van der Waals surface area contributed by atoms with E-state index in [1.54, 1.807) is 6.07 Å². The zero-order chi connectivity index (χ0) is 17.9. The number of halogens is 1. The molecule has 2 aromatic heterocycles. The average Bonchev–Trinajstić information content (AvgIpc) is 3.06. The Labute approximate surface area is 151 Å². The number of thiophene rings is 1. The minimum atomic E-state index is -0.922. The fourth-order valence-electron chi connectivity index (χ4n) is 3.54. The molecule has 130 valence electrons. The van der Waals surface area contributed by atoms with Crippen LogP contribution in [0, 0.1) is 5.82 Å². The Balaban J connectivity index is 1.87. The van der Waals surface area contributed by atoms with E-state index in [1.807, 2.05) is 13.8 Å². The highest BCUT2D eigenvalue weighted by Crippen LogP contribution is 2.48. The zero-order valence-electron chi connectivity index (χ0n) is 13.6. The topological polar surface area (TPSA) is 79.5 Å². The Morgan fingerprint density at radius 2 is 2.16 bits per heavy atom. The summed E-state index contributed by atoms with van der Waals surface area (Å²) >= 11 is 2.90. The highest BCUT2D eigenvalue weighted by atomic mass is 32.1. The third kappa shape index (κ3) is 2.47. The predicted molar refractivity (Wildman–Crippen MR) is 98.7 cm³/mol. The Hall–Kier alpha value is -2.19. The number of carbonyl (C=O) groups is 1. The molecule has 25 heavy (non-hydrogen) atoms. The molecule has 1 aliphatic heterocycles. The third-order valence-corrected chi connectivity index (χ3v) is 6.91. The summed E-state index contributed by atoms with van der Waals surface area (Å²) in [5.74, 6) is -0.316. The van der Waals surface area contributed by atoms with Crippen LogP contribution in [0.4, 0.5) is 14.2 Å². The van der Waals surface area contributed by atoms with Gasteiger partial charge in [0.25, 0.3) is 0 Å². The zero-order valence-corrected chi connectivity index (χ0v) is 15.2. The van der Waals surface area contributed by atoms with Crippen LogP contribution >= 0.6 is 22.7 Å². The van der Waals surface area contributed by atoms with Crippen LogP contribution in [0.1, 0.15) is 30.3 Å². The van der Waals surface area contributed by atoms with E-state index in [-0.39, 0.29) is 17.9 Å². The summed E-state index contributed by atoms with van der Waals surface area (Å²) in [7, 11) is 0. The lowest BCUT2D eigenvalue weighted by molar-refractivity contribution is 0.102. The molecule has 1 aliphatic rings. The highest BCUT2D eigenvalue weighted by Gasteiger charge is 2.37. The van der Waals surface area contributed by atoms with Crippen molar-refractivity contribution in [3.63, 3.8) is 0 Å². The predicted octanol–water partition coefficient (Wildman–Crippen LogP) is 4.73. The molecule has 3 aromatic rings. The van der Waals surface area contributed by atoms with Crippen molar-refractivity contribution < 1.29 is 14.3 Å². The first-order chi connectivity index (χ1) is 11.9.